The maximum atomic E-state index is 12.7. The molecule has 3 atom stereocenters. The van der Waals surface area contributed by atoms with Crippen LogP contribution < -0.4 is 5.73 Å². The summed E-state index contributed by atoms with van der Waals surface area (Å²) in [5.74, 6) is 1.97. The number of carboxylic acids is 1. The lowest BCUT2D eigenvalue weighted by molar-refractivity contribution is -0.161. The molecule has 0 saturated carbocycles. The van der Waals surface area contributed by atoms with Crippen LogP contribution in [0.3, 0.4) is 0 Å². The lowest BCUT2D eigenvalue weighted by Gasteiger charge is -2.20. The van der Waals surface area contributed by atoms with Crippen LogP contribution in [0.2, 0.25) is 0 Å². The van der Waals surface area contributed by atoms with Gasteiger partial charge in [-0.1, -0.05) is 104 Å². The van der Waals surface area contributed by atoms with Gasteiger partial charge in [0.1, 0.15) is 35.7 Å². The minimum absolute atomic E-state index is 0.126. The van der Waals surface area contributed by atoms with E-state index in [1.165, 1.54) is 49.7 Å². The summed E-state index contributed by atoms with van der Waals surface area (Å²) in [5.41, 5.74) is 7.83. The van der Waals surface area contributed by atoms with E-state index in [2.05, 4.69) is 44.4 Å². The fourth-order valence-electron chi connectivity index (χ4n) is 6.98. The zero-order valence-electron chi connectivity index (χ0n) is 37.3. The summed E-state index contributed by atoms with van der Waals surface area (Å²) in [4.78, 5) is 46.2. The number of carboxylic acid groups (broad SMARTS) is 1. The van der Waals surface area contributed by atoms with Gasteiger partial charge in [-0.2, -0.15) is 0 Å². The summed E-state index contributed by atoms with van der Waals surface area (Å²) < 4.78 is 45.0. The van der Waals surface area contributed by atoms with Crippen LogP contribution in [0.5, 0.6) is 0 Å². The van der Waals surface area contributed by atoms with Gasteiger partial charge in [-0.3, -0.25) is 23.4 Å². The van der Waals surface area contributed by atoms with Crippen LogP contribution in [0.4, 0.5) is 0 Å². The molecule has 0 saturated heterocycles. The van der Waals surface area contributed by atoms with E-state index in [4.69, 9.17) is 33.7 Å². The molecule has 2 heterocycles. The van der Waals surface area contributed by atoms with E-state index in [0.29, 0.717) is 12.8 Å². The van der Waals surface area contributed by atoms with Crippen LogP contribution in [0.1, 0.15) is 189 Å². The number of hydrogen-bond donors (Lipinski definition) is 3. The number of ether oxygens (including phenoxy) is 2. The SMILES string of the molecule is CCCCCc1cc(C)c(CCCCCCCCCCC(=O)OCC(COP(=O)(O)OCC(N)C(=O)O)OC(=O)CCCCCCCCc2oc(CCCCC)cc2C)o1. The fourth-order valence-corrected chi connectivity index (χ4v) is 7.76. The monoisotopic (exact) mass is 868 g/mol. The highest BCUT2D eigenvalue weighted by Crippen LogP contribution is 2.43. The topological polar surface area (TPSA) is 198 Å². The van der Waals surface area contributed by atoms with Crippen molar-refractivity contribution in [1.29, 1.82) is 0 Å². The second kappa shape index (κ2) is 31.8. The van der Waals surface area contributed by atoms with Crippen molar-refractivity contribution in [2.24, 2.45) is 5.73 Å². The zero-order chi connectivity index (χ0) is 44.0. The second-order valence-electron chi connectivity index (χ2n) is 16.3. The van der Waals surface area contributed by atoms with Gasteiger partial charge in [-0.05, 0) is 75.6 Å². The molecule has 13 nitrogen and oxygen atoms in total. The Morgan fingerprint density at radius 2 is 1.03 bits per heavy atom. The lowest BCUT2D eigenvalue weighted by Crippen LogP contribution is -2.34. The molecule has 0 amide bonds. The third kappa shape index (κ3) is 25.1. The molecule has 2 rings (SSSR count). The minimum Gasteiger partial charge on any atom is -0.480 e. The number of carbonyl (C=O) groups excluding carboxylic acids is 2. The Labute approximate surface area is 359 Å². The summed E-state index contributed by atoms with van der Waals surface area (Å²) in [7, 11) is -4.74. The van der Waals surface area contributed by atoms with Crippen LogP contribution in [0, 0.1) is 13.8 Å². The van der Waals surface area contributed by atoms with E-state index in [1.54, 1.807) is 0 Å². The van der Waals surface area contributed by atoms with E-state index >= 15 is 0 Å². The van der Waals surface area contributed by atoms with Gasteiger partial charge >= 0.3 is 25.7 Å². The number of nitrogens with two attached hydrogens (primary N) is 1. The molecule has 0 aliphatic carbocycles. The van der Waals surface area contributed by atoms with Crippen LogP contribution in [-0.4, -0.2) is 59.9 Å². The number of phosphoric ester groups is 1. The van der Waals surface area contributed by atoms with Crippen molar-refractivity contribution in [3.05, 3.63) is 46.3 Å². The molecule has 0 spiro atoms. The molecule has 0 fully saturated rings. The van der Waals surface area contributed by atoms with Crippen molar-refractivity contribution in [2.45, 2.75) is 207 Å². The van der Waals surface area contributed by atoms with Crippen LogP contribution in [0.15, 0.2) is 21.0 Å². The largest absolute Gasteiger partial charge is 0.480 e. The highest BCUT2D eigenvalue weighted by atomic mass is 31.2. The summed E-state index contributed by atoms with van der Waals surface area (Å²) in [6.07, 6.45) is 24.0. The summed E-state index contributed by atoms with van der Waals surface area (Å²) >= 11 is 0. The molecule has 0 aromatic carbocycles. The highest BCUT2D eigenvalue weighted by molar-refractivity contribution is 7.47. The highest BCUT2D eigenvalue weighted by Gasteiger charge is 2.28. The van der Waals surface area contributed by atoms with E-state index in [-0.39, 0.29) is 19.4 Å². The maximum Gasteiger partial charge on any atom is 0.472 e. The Morgan fingerprint density at radius 1 is 0.617 bits per heavy atom. The third-order valence-electron chi connectivity index (χ3n) is 10.7. The fraction of sp³-hybridized carbons (Fsp3) is 0.761. The average Bonchev–Trinajstić information content (AvgIpc) is 3.75. The van der Waals surface area contributed by atoms with Crippen molar-refractivity contribution in [3.63, 3.8) is 0 Å². The number of aryl methyl sites for hydroxylation is 6. The Hall–Kier alpha value is -2.96. The van der Waals surface area contributed by atoms with Gasteiger partial charge in [-0.15, -0.1) is 0 Å². The van der Waals surface area contributed by atoms with E-state index in [1.807, 2.05) is 0 Å². The van der Waals surface area contributed by atoms with Crippen molar-refractivity contribution < 1.29 is 56.3 Å². The number of unbranched alkanes of at least 4 members (excludes halogenated alkanes) is 16. The first kappa shape index (κ1) is 53.2. The third-order valence-corrected chi connectivity index (χ3v) is 11.6. The number of aliphatic carboxylic acids is 1. The molecular weight excluding hydrogens is 789 g/mol. The van der Waals surface area contributed by atoms with Gasteiger partial charge in [0.05, 0.1) is 13.2 Å². The van der Waals surface area contributed by atoms with Crippen molar-refractivity contribution >= 4 is 25.7 Å². The first-order valence-corrected chi connectivity index (χ1v) is 24.4. The zero-order valence-corrected chi connectivity index (χ0v) is 38.2. The standard InChI is InChI=1S/C46H78NO12P/c1-5-7-19-25-38-31-36(3)42(57-38)27-21-15-11-9-10-12-17-23-29-44(48)54-33-40(34-55-60(52,53)56-35-41(47)46(50)51)59-45(49)30-24-18-14-13-16-22-28-43-37(4)32-39(58-43)26-20-8-6-2/h31-32,40-41H,5-30,33-35,47H2,1-4H3,(H,50,51)(H,52,53). The Balaban J connectivity index is 1.65. The molecule has 60 heavy (non-hydrogen) atoms. The molecule has 0 bridgehead atoms. The van der Waals surface area contributed by atoms with Gasteiger partial charge in [-0.25, -0.2) is 4.57 Å². The maximum absolute atomic E-state index is 12.7. The number of furan rings is 2. The Kier molecular flexibility index (Phi) is 28.2. The quantitative estimate of drug-likeness (QED) is 0.0328. The predicted molar refractivity (Wildman–Crippen MR) is 233 cm³/mol. The first-order chi connectivity index (χ1) is 28.8. The molecule has 0 radical (unpaired) electrons. The molecule has 2 aromatic heterocycles. The van der Waals surface area contributed by atoms with Crippen molar-refractivity contribution in [3.8, 4) is 0 Å². The van der Waals surface area contributed by atoms with Crippen molar-refractivity contribution in [2.75, 3.05) is 19.8 Å². The molecule has 344 valence electrons. The summed E-state index contributed by atoms with van der Waals surface area (Å²) in [6.45, 7) is 6.91. The average molecular weight is 868 g/mol. The smallest absolute Gasteiger partial charge is 0.472 e. The minimum atomic E-state index is -4.74. The normalized spacial score (nSPS) is 13.6. The molecule has 0 aliphatic rings. The lowest BCUT2D eigenvalue weighted by atomic mass is 10.1. The van der Waals surface area contributed by atoms with Crippen LogP contribution in [0.25, 0.3) is 0 Å². The van der Waals surface area contributed by atoms with Crippen LogP contribution >= 0.6 is 7.82 Å². The number of phosphoric acid groups is 1. The van der Waals surface area contributed by atoms with Gasteiger partial charge in [0, 0.05) is 38.5 Å². The van der Waals surface area contributed by atoms with Gasteiger partial charge in [0.15, 0.2) is 6.10 Å². The summed E-state index contributed by atoms with van der Waals surface area (Å²) in [5, 5.41) is 8.92. The van der Waals surface area contributed by atoms with Gasteiger partial charge in [0.25, 0.3) is 0 Å². The van der Waals surface area contributed by atoms with Crippen molar-refractivity contribution in [1.82, 2.24) is 0 Å². The van der Waals surface area contributed by atoms with E-state index in [0.717, 1.165) is 126 Å². The Bertz CT molecular complexity index is 1520. The number of hydrogen-bond acceptors (Lipinski definition) is 11. The van der Waals surface area contributed by atoms with Gasteiger partial charge < -0.3 is 34.0 Å². The van der Waals surface area contributed by atoms with E-state index in [9.17, 15) is 23.8 Å². The number of carbonyl (C=O) groups is 3. The molecule has 4 N–H and O–H groups in total. The van der Waals surface area contributed by atoms with Gasteiger partial charge in [0.2, 0.25) is 0 Å². The first-order valence-electron chi connectivity index (χ1n) is 22.9. The Morgan fingerprint density at radius 3 is 1.50 bits per heavy atom. The summed E-state index contributed by atoms with van der Waals surface area (Å²) in [6, 6.07) is 2.83. The van der Waals surface area contributed by atoms with E-state index < -0.39 is 51.1 Å². The molecule has 14 heteroatoms. The molecular formula is C46H78NO12P. The molecule has 2 aromatic rings. The molecule has 3 unspecified atom stereocenters. The predicted octanol–water partition coefficient (Wildman–Crippen LogP) is 11.0. The number of esters is 2. The number of rotatable bonds is 38. The van der Waals surface area contributed by atoms with Crippen LogP contribution in [-0.2, 0) is 63.2 Å². The molecule has 0 aliphatic heterocycles. The second-order valence-corrected chi connectivity index (χ2v) is 17.8.